The molecule has 3 heterocycles. The largest absolute Gasteiger partial charge is 0.479 e. The quantitative estimate of drug-likeness (QED) is 0.0423. The van der Waals surface area contributed by atoms with E-state index in [0.29, 0.717) is 0 Å². The number of hydrogen-bond acceptors (Lipinski definition) is 25. The highest BCUT2D eigenvalue weighted by molar-refractivity contribution is 7.46. The molecule has 68 heavy (non-hydrogen) atoms. The smallest absolute Gasteiger partial charge is 0.470 e. The van der Waals surface area contributed by atoms with Crippen LogP contribution in [0, 0.1) is 17.8 Å². The van der Waals surface area contributed by atoms with Gasteiger partial charge in [-0.05, 0) is 0 Å². The minimum atomic E-state index is -6.28. The summed E-state index contributed by atoms with van der Waals surface area (Å²) >= 11 is 0. The van der Waals surface area contributed by atoms with E-state index < -0.39 is 208 Å². The summed E-state index contributed by atoms with van der Waals surface area (Å²) in [4.78, 5) is 96.7. The SMILES string of the molecule is CC(=O)N[C@@H]1[C@@H](O)[C@@H](O)[C@@H](CO)O[C@@H]1[C@@H]1[C@H](O)[C@@H]([C@@H]2[C@H](OP(=O)(O)O)[C@@H]([C@H]([C@H](O)[C@H](O)CO)[C@@H](O)C[C@H](O)C(=O)O)O[C@H]([C@H](O)CO)[C@H]2OP(=O)(O)O)O[C@H]([C@H](COC(N)=O)OP(=O)(O)O)[C@H]1O. The number of aliphatic hydroxyl groups excluding tert-OH is 12. The van der Waals surface area contributed by atoms with Gasteiger partial charge in [0, 0.05) is 31.1 Å². The molecule has 22 N–H and O–H groups in total. The van der Waals surface area contributed by atoms with Gasteiger partial charge in [-0.15, -0.1) is 0 Å². The van der Waals surface area contributed by atoms with Gasteiger partial charge in [-0.1, -0.05) is 0 Å². The van der Waals surface area contributed by atoms with Crippen LogP contribution in [0.2, 0.25) is 0 Å². The van der Waals surface area contributed by atoms with Crippen LogP contribution in [-0.4, -0.2) is 256 Å². The van der Waals surface area contributed by atoms with Crippen molar-refractivity contribution < 1.29 is 156 Å². The van der Waals surface area contributed by atoms with Crippen molar-refractivity contribution in [2.45, 2.75) is 129 Å². The molecule has 0 unspecified atom stereocenters. The maximum Gasteiger partial charge on any atom is 0.470 e. The number of carboxylic acid groups (broad SMARTS) is 1. The van der Waals surface area contributed by atoms with Gasteiger partial charge in [0.15, 0.2) is 6.10 Å². The van der Waals surface area contributed by atoms with Crippen LogP contribution in [0.4, 0.5) is 4.79 Å². The number of aliphatic hydroxyl groups is 12. The number of carbonyl (C=O) groups is 3. The number of phosphoric acid groups is 3. The van der Waals surface area contributed by atoms with Gasteiger partial charge in [-0.25, -0.2) is 23.3 Å². The number of nitrogens with two attached hydrogens (primary N) is 1. The van der Waals surface area contributed by atoms with Gasteiger partial charge in [-0.2, -0.15) is 0 Å². The summed E-state index contributed by atoms with van der Waals surface area (Å²) in [5, 5.41) is 143. The van der Waals surface area contributed by atoms with E-state index in [-0.39, 0.29) is 0 Å². The minimum absolute atomic E-state index is 0.840. The summed E-state index contributed by atoms with van der Waals surface area (Å²) in [6.45, 7) is -4.81. The number of carboxylic acids is 1. The Morgan fingerprint density at radius 3 is 1.71 bits per heavy atom. The Labute approximate surface area is 382 Å². The van der Waals surface area contributed by atoms with E-state index in [1.807, 2.05) is 0 Å². The van der Waals surface area contributed by atoms with Gasteiger partial charge in [0.1, 0.15) is 67.6 Å². The maximum absolute atomic E-state index is 12.9. The predicted octanol–water partition coefficient (Wildman–Crippen LogP) is -10.1. The van der Waals surface area contributed by atoms with Crippen LogP contribution in [0.25, 0.3) is 0 Å². The third kappa shape index (κ3) is 15.5. The molecule has 3 fully saturated rings. The summed E-state index contributed by atoms with van der Waals surface area (Å²) in [7, 11) is -18.4. The summed E-state index contributed by atoms with van der Waals surface area (Å²) in [5.41, 5.74) is 5.03. The van der Waals surface area contributed by atoms with E-state index in [9.17, 15) is 124 Å². The highest BCUT2D eigenvalue weighted by Crippen LogP contribution is 2.54. The number of hydrogen-bond donors (Lipinski definition) is 21. The molecule has 0 aromatic carbocycles. The molecular weight excluding hydrogens is 1010 g/mol. The first-order valence-corrected chi connectivity index (χ1v) is 24.3. The van der Waals surface area contributed by atoms with E-state index in [1.165, 1.54) is 0 Å². The van der Waals surface area contributed by atoms with Crippen molar-refractivity contribution in [2.75, 3.05) is 26.4 Å². The van der Waals surface area contributed by atoms with E-state index in [4.69, 9.17) is 33.5 Å². The van der Waals surface area contributed by atoms with E-state index in [2.05, 4.69) is 10.1 Å². The molecule has 0 aliphatic carbocycles. The number of aliphatic carboxylic acids is 1. The number of primary amides is 1. The fraction of sp³-hybridized carbons (Fsp3) is 0.903. The second-order valence-electron chi connectivity index (χ2n) is 15.9. The average molecular weight is 1060 g/mol. The number of nitrogens with one attached hydrogen (secondary N) is 1. The van der Waals surface area contributed by atoms with Gasteiger partial charge < -0.3 is 126 Å². The van der Waals surface area contributed by atoms with E-state index >= 15 is 0 Å². The minimum Gasteiger partial charge on any atom is -0.479 e. The first-order valence-electron chi connectivity index (χ1n) is 19.8. The summed E-state index contributed by atoms with van der Waals surface area (Å²) in [6, 6.07) is -2.05. The highest BCUT2D eigenvalue weighted by atomic mass is 31.2. The molecule has 3 saturated heterocycles. The Kier molecular flexibility index (Phi) is 21.8. The lowest BCUT2D eigenvalue weighted by Gasteiger charge is -2.57. The van der Waals surface area contributed by atoms with Crippen molar-refractivity contribution in [3.05, 3.63) is 0 Å². The molecule has 3 aliphatic heterocycles. The molecule has 0 saturated carbocycles. The van der Waals surface area contributed by atoms with Gasteiger partial charge in [-0.3, -0.25) is 18.4 Å². The highest BCUT2D eigenvalue weighted by Gasteiger charge is 2.65. The molecule has 2 amide bonds. The number of carbonyl (C=O) groups excluding carboxylic acids is 2. The zero-order chi connectivity index (χ0) is 52.1. The normalized spacial score (nSPS) is 36.1. The van der Waals surface area contributed by atoms with Crippen LogP contribution in [0.3, 0.4) is 0 Å². The van der Waals surface area contributed by atoms with Gasteiger partial charge >= 0.3 is 35.5 Å². The maximum atomic E-state index is 12.9. The molecule has 3 aliphatic rings. The molecule has 0 bridgehead atoms. The van der Waals surface area contributed by atoms with Crippen molar-refractivity contribution in [2.24, 2.45) is 23.5 Å². The predicted molar refractivity (Wildman–Crippen MR) is 208 cm³/mol. The Morgan fingerprint density at radius 1 is 0.691 bits per heavy atom. The summed E-state index contributed by atoms with van der Waals surface area (Å²) < 4.78 is 74.6. The fourth-order valence-electron chi connectivity index (χ4n) is 8.53. The van der Waals surface area contributed by atoms with E-state index in [1.54, 1.807) is 0 Å². The topological polar surface area (TPSA) is 589 Å². The van der Waals surface area contributed by atoms with Gasteiger partial charge in [0.25, 0.3) is 0 Å². The fourth-order valence-corrected chi connectivity index (χ4v) is 10.2. The zero-order valence-corrected chi connectivity index (χ0v) is 37.6. The Morgan fingerprint density at radius 2 is 1.25 bits per heavy atom. The molecule has 0 spiro atoms. The van der Waals surface area contributed by atoms with Crippen LogP contribution in [0.5, 0.6) is 0 Å². The van der Waals surface area contributed by atoms with Crippen LogP contribution >= 0.6 is 23.5 Å². The van der Waals surface area contributed by atoms with Crippen molar-refractivity contribution in [3.63, 3.8) is 0 Å². The molecular formula is C31H57N2O32P3. The lowest BCUT2D eigenvalue weighted by molar-refractivity contribution is -0.315. The Balaban J connectivity index is 2.61. The van der Waals surface area contributed by atoms with Gasteiger partial charge in [0.2, 0.25) is 5.91 Å². The third-order valence-electron chi connectivity index (χ3n) is 11.3. The summed E-state index contributed by atoms with van der Waals surface area (Å²) in [6.07, 6.45) is -49.6. The first kappa shape index (κ1) is 60.2. The van der Waals surface area contributed by atoms with Crippen LogP contribution in [0.15, 0.2) is 0 Å². The number of rotatable bonds is 23. The molecule has 22 atom stereocenters. The zero-order valence-electron chi connectivity index (χ0n) is 35.0. The Hall–Kier alpha value is -2.06. The lowest BCUT2D eigenvalue weighted by atomic mass is 9.68. The van der Waals surface area contributed by atoms with Gasteiger partial charge in [0.05, 0.1) is 68.6 Å². The third-order valence-corrected chi connectivity index (χ3v) is 12.8. The lowest BCUT2D eigenvalue weighted by Crippen LogP contribution is -2.74. The van der Waals surface area contributed by atoms with Crippen molar-refractivity contribution in [1.82, 2.24) is 5.32 Å². The van der Waals surface area contributed by atoms with E-state index in [0.717, 1.165) is 6.92 Å². The van der Waals surface area contributed by atoms with Crippen molar-refractivity contribution in [3.8, 4) is 0 Å². The number of phosphoric ester groups is 3. The Bertz CT molecular complexity index is 1820. The van der Waals surface area contributed by atoms with Crippen LogP contribution in [0.1, 0.15) is 13.3 Å². The second-order valence-corrected chi connectivity index (χ2v) is 19.5. The monoisotopic (exact) mass is 1060 g/mol. The molecule has 3 rings (SSSR count). The molecule has 34 nitrogen and oxygen atoms in total. The molecule has 0 radical (unpaired) electrons. The number of amides is 2. The number of ether oxygens (including phenoxy) is 4. The van der Waals surface area contributed by atoms with Crippen molar-refractivity contribution >= 4 is 41.4 Å². The van der Waals surface area contributed by atoms with Crippen molar-refractivity contribution in [1.29, 1.82) is 0 Å². The molecule has 0 aromatic heterocycles. The second kappa shape index (κ2) is 24.6. The molecule has 398 valence electrons. The molecule has 0 aromatic rings. The standard InChI is InChI=1S/C31H57N2O32P3/c1-7(37)33-17-22(46)19(43)12(5-36)60-25(17)15-20(44)24(13(6-59-31(32)49)63-66(50,51)52)62-26(21(15)45)16-28(64-67(53,54)55)23(11(41)4-35)61-27(29(16)65-68(56,57)58)14(18(42)10(40)3-34)8(38)2-9(39)30(47)48/h8-29,34-36,38-46H,2-6H2,1H3,(H2,32,49)(H,33,37)(H,47,48)(H2,50,51,52)(H2,53,54,55)(H2,56,57,58)/t8-,9-,10+,11+,12+,13-,14-,15-,16-,17+,18+,19-,20-,21-,22+,23+,24+,25+,26+,27+,28-,29-/m0/s1. The van der Waals surface area contributed by atoms with Crippen LogP contribution < -0.4 is 11.1 Å². The average Bonchev–Trinajstić information content (AvgIpc) is 3.20. The van der Waals surface area contributed by atoms with Crippen LogP contribution in [-0.2, 0) is 55.8 Å². The first-order chi connectivity index (χ1) is 31.2. The molecule has 37 heteroatoms. The summed E-state index contributed by atoms with van der Waals surface area (Å²) in [5.74, 6) is -11.0.